The number of ether oxygens (including phenoxy) is 4. The number of hydrogen-bond donors (Lipinski definition) is 1. The molecule has 0 aliphatic rings. The minimum Gasteiger partial charge on any atom is -0.496 e. The van der Waals surface area contributed by atoms with Crippen LogP contribution in [0.4, 0.5) is 10.5 Å². The molecule has 1 amide bonds. The second-order valence-corrected chi connectivity index (χ2v) is 7.35. The first-order valence-electron chi connectivity index (χ1n) is 10.0. The van der Waals surface area contributed by atoms with Crippen molar-refractivity contribution < 1.29 is 28.5 Å². The molecule has 0 spiro atoms. The van der Waals surface area contributed by atoms with E-state index < -0.39 is 12.1 Å². The first-order chi connectivity index (χ1) is 16.5. The Morgan fingerprint density at radius 1 is 0.912 bits per heavy atom. The number of carbonyl (C=O) groups is 2. The van der Waals surface area contributed by atoms with E-state index in [0.29, 0.717) is 39.6 Å². The third-order valence-corrected chi connectivity index (χ3v) is 5.10. The van der Waals surface area contributed by atoms with Crippen molar-refractivity contribution in [3.05, 3.63) is 83.5 Å². The van der Waals surface area contributed by atoms with Crippen LogP contribution < -0.4 is 19.5 Å². The summed E-state index contributed by atoms with van der Waals surface area (Å²) in [6.07, 6.45) is 0.901. The smallest absolute Gasteiger partial charge is 0.417 e. The van der Waals surface area contributed by atoms with E-state index in [1.165, 1.54) is 14.2 Å². The molecule has 172 valence electrons. The van der Waals surface area contributed by atoms with Crippen LogP contribution in [0, 0.1) is 0 Å². The number of anilines is 1. The highest BCUT2D eigenvalue weighted by Crippen LogP contribution is 2.35. The van der Waals surface area contributed by atoms with Crippen LogP contribution in [0.5, 0.6) is 23.0 Å². The molecule has 0 saturated heterocycles. The molecule has 0 aliphatic carbocycles. The summed E-state index contributed by atoms with van der Waals surface area (Å²) in [5.74, 6) is 1.05. The van der Waals surface area contributed by atoms with Crippen LogP contribution in [-0.2, 0) is 4.74 Å². The third kappa shape index (κ3) is 5.02. The SMILES string of the molecule is COC(=O)c1cc2c(Oc3ccc(NC(=O)Oc4ccccc4)c(Cl)c3)ccnc2cc1OC. The van der Waals surface area contributed by atoms with E-state index in [9.17, 15) is 9.59 Å². The van der Waals surface area contributed by atoms with Gasteiger partial charge in [0.15, 0.2) is 0 Å². The zero-order valence-corrected chi connectivity index (χ0v) is 19.0. The van der Waals surface area contributed by atoms with Crippen molar-refractivity contribution in [2.45, 2.75) is 0 Å². The Morgan fingerprint density at radius 2 is 1.71 bits per heavy atom. The van der Waals surface area contributed by atoms with Crippen molar-refractivity contribution in [2.24, 2.45) is 0 Å². The number of para-hydroxylation sites is 1. The van der Waals surface area contributed by atoms with E-state index in [2.05, 4.69) is 10.3 Å². The monoisotopic (exact) mass is 478 g/mol. The van der Waals surface area contributed by atoms with Gasteiger partial charge in [-0.1, -0.05) is 29.8 Å². The van der Waals surface area contributed by atoms with Gasteiger partial charge in [-0.05, 0) is 36.4 Å². The number of amides is 1. The minimum absolute atomic E-state index is 0.241. The fourth-order valence-corrected chi connectivity index (χ4v) is 3.41. The molecule has 3 aromatic carbocycles. The fraction of sp³-hybridized carbons (Fsp3) is 0.0800. The van der Waals surface area contributed by atoms with Crippen molar-refractivity contribution in [2.75, 3.05) is 19.5 Å². The summed E-state index contributed by atoms with van der Waals surface area (Å²) in [5, 5.41) is 3.42. The maximum Gasteiger partial charge on any atom is 0.417 e. The van der Waals surface area contributed by atoms with E-state index in [0.717, 1.165) is 0 Å². The Bertz CT molecular complexity index is 1360. The van der Waals surface area contributed by atoms with E-state index >= 15 is 0 Å². The summed E-state index contributed by atoms with van der Waals surface area (Å²) in [7, 11) is 2.75. The predicted octanol–water partition coefficient (Wildman–Crippen LogP) is 6.09. The molecule has 0 atom stereocenters. The lowest BCUT2D eigenvalue weighted by Gasteiger charge is -2.13. The number of rotatable bonds is 6. The molecular formula is C25H19ClN2O6. The highest BCUT2D eigenvalue weighted by molar-refractivity contribution is 6.33. The van der Waals surface area contributed by atoms with E-state index in [4.69, 9.17) is 30.5 Å². The van der Waals surface area contributed by atoms with Crippen molar-refractivity contribution in [3.8, 4) is 23.0 Å². The average molecular weight is 479 g/mol. The van der Waals surface area contributed by atoms with Crippen LogP contribution in [0.25, 0.3) is 10.9 Å². The minimum atomic E-state index is -0.675. The van der Waals surface area contributed by atoms with Crippen LogP contribution in [0.15, 0.2) is 72.9 Å². The summed E-state index contributed by atoms with van der Waals surface area (Å²) >= 11 is 6.35. The highest BCUT2D eigenvalue weighted by atomic mass is 35.5. The standard InChI is InChI=1S/C25H19ClN2O6/c1-31-23-14-21-17(13-18(23)24(29)32-2)22(10-11-27-21)33-16-8-9-20(19(26)12-16)28-25(30)34-15-6-4-3-5-7-15/h3-14H,1-2H3,(H,28,30). The number of halogens is 1. The first-order valence-corrected chi connectivity index (χ1v) is 10.4. The topological polar surface area (TPSA) is 96.0 Å². The molecule has 0 aliphatic heterocycles. The summed E-state index contributed by atoms with van der Waals surface area (Å²) < 4.78 is 21.4. The van der Waals surface area contributed by atoms with Crippen molar-refractivity contribution >= 4 is 40.3 Å². The van der Waals surface area contributed by atoms with Crippen molar-refractivity contribution in [3.63, 3.8) is 0 Å². The summed E-state index contributed by atoms with van der Waals surface area (Å²) in [6, 6.07) is 18.3. The van der Waals surface area contributed by atoms with Crippen LogP contribution in [0.2, 0.25) is 5.02 Å². The second kappa shape index (κ2) is 10.1. The van der Waals surface area contributed by atoms with Gasteiger partial charge in [0, 0.05) is 23.7 Å². The van der Waals surface area contributed by atoms with Crippen LogP contribution in [0.3, 0.4) is 0 Å². The number of benzene rings is 3. The maximum absolute atomic E-state index is 12.2. The maximum atomic E-state index is 12.2. The van der Waals surface area contributed by atoms with E-state index in [-0.39, 0.29) is 10.6 Å². The quantitative estimate of drug-likeness (QED) is 0.335. The molecule has 9 heteroatoms. The molecule has 0 fully saturated rings. The molecule has 0 bridgehead atoms. The predicted molar refractivity (Wildman–Crippen MR) is 127 cm³/mol. The van der Waals surface area contributed by atoms with E-state index in [1.54, 1.807) is 66.9 Å². The number of nitrogens with one attached hydrogen (secondary N) is 1. The van der Waals surface area contributed by atoms with Gasteiger partial charge in [0.25, 0.3) is 0 Å². The summed E-state index contributed by atoms with van der Waals surface area (Å²) in [6.45, 7) is 0. The van der Waals surface area contributed by atoms with Crippen LogP contribution in [0.1, 0.15) is 10.4 Å². The normalized spacial score (nSPS) is 10.4. The number of aromatic nitrogens is 1. The number of esters is 1. The Balaban J connectivity index is 1.57. The van der Waals surface area contributed by atoms with Gasteiger partial charge >= 0.3 is 12.1 Å². The van der Waals surface area contributed by atoms with Gasteiger partial charge in [0.05, 0.1) is 30.4 Å². The summed E-state index contributed by atoms with van der Waals surface area (Å²) in [5.41, 5.74) is 1.16. The molecule has 1 aromatic heterocycles. The molecule has 1 heterocycles. The molecule has 4 aromatic rings. The molecule has 4 rings (SSSR count). The van der Waals surface area contributed by atoms with Gasteiger partial charge in [-0.25, -0.2) is 9.59 Å². The molecule has 0 radical (unpaired) electrons. The number of hydrogen-bond acceptors (Lipinski definition) is 7. The highest BCUT2D eigenvalue weighted by Gasteiger charge is 2.17. The number of pyridine rings is 1. The van der Waals surface area contributed by atoms with E-state index in [1.807, 2.05) is 6.07 Å². The largest absolute Gasteiger partial charge is 0.496 e. The average Bonchev–Trinajstić information content (AvgIpc) is 2.85. The first kappa shape index (κ1) is 22.9. The fourth-order valence-electron chi connectivity index (χ4n) is 3.19. The molecule has 8 nitrogen and oxygen atoms in total. The Morgan fingerprint density at radius 3 is 2.41 bits per heavy atom. The number of carbonyl (C=O) groups excluding carboxylic acids is 2. The van der Waals surface area contributed by atoms with Crippen LogP contribution >= 0.6 is 11.6 Å². The number of methoxy groups -OCH3 is 2. The lowest BCUT2D eigenvalue weighted by atomic mass is 10.1. The Hall–Kier alpha value is -4.30. The zero-order chi connectivity index (χ0) is 24.1. The van der Waals surface area contributed by atoms with Gasteiger partial charge in [-0.3, -0.25) is 10.3 Å². The Labute approximate surface area is 200 Å². The summed E-state index contributed by atoms with van der Waals surface area (Å²) in [4.78, 5) is 28.6. The van der Waals surface area contributed by atoms with Gasteiger partial charge in [-0.15, -0.1) is 0 Å². The number of fused-ring (bicyclic) bond motifs is 1. The molecule has 0 unspecified atom stereocenters. The number of nitrogens with zero attached hydrogens (tertiary/aromatic N) is 1. The van der Waals surface area contributed by atoms with Gasteiger partial charge in [0.2, 0.25) is 0 Å². The molecular weight excluding hydrogens is 460 g/mol. The molecule has 0 saturated carbocycles. The van der Waals surface area contributed by atoms with Crippen molar-refractivity contribution in [1.82, 2.24) is 4.98 Å². The molecule has 34 heavy (non-hydrogen) atoms. The van der Waals surface area contributed by atoms with Crippen LogP contribution in [-0.4, -0.2) is 31.3 Å². The van der Waals surface area contributed by atoms with Gasteiger partial charge in [-0.2, -0.15) is 0 Å². The molecule has 1 N–H and O–H groups in total. The van der Waals surface area contributed by atoms with Gasteiger partial charge < -0.3 is 18.9 Å². The zero-order valence-electron chi connectivity index (χ0n) is 18.2. The Kier molecular flexibility index (Phi) is 6.79. The third-order valence-electron chi connectivity index (χ3n) is 4.79. The second-order valence-electron chi connectivity index (χ2n) is 6.94. The van der Waals surface area contributed by atoms with Gasteiger partial charge in [0.1, 0.15) is 28.6 Å². The lowest BCUT2D eigenvalue weighted by Crippen LogP contribution is -2.16. The lowest BCUT2D eigenvalue weighted by molar-refractivity contribution is 0.0597. The van der Waals surface area contributed by atoms with Crippen molar-refractivity contribution in [1.29, 1.82) is 0 Å².